The van der Waals surface area contributed by atoms with Crippen LogP contribution in [-0.4, -0.2) is 36.0 Å². The maximum atomic E-state index is 12.8. The van der Waals surface area contributed by atoms with Gasteiger partial charge < -0.3 is 4.42 Å². The standard InChI is InChI=1S/C19H18ClN3O3S/c1-13-5-4-6-14(11-13)18-21-22-19(26-18)16-12-15(7-8-17(16)20)27(24,25)23-9-2-3-10-23/h4-8,11-12H,2-3,9-10H2,1H3. The van der Waals surface area contributed by atoms with Gasteiger partial charge >= 0.3 is 0 Å². The van der Waals surface area contributed by atoms with Crippen LogP contribution in [0.15, 0.2) is 51.8 Å². The molecule has 2 heterocycles. The molecule has 0 radical (unpaired) electrons. The lowest BCUT2D eigenvalue weighted by Gasteiger charge is -2.16. The smallest absolute Gasteiger partial charge is 0.249 e. The molecule has 3 aromatic rings. The molecule has 140 valence electrons. The maximum absolute atomic E-state index is 12.8. The van der Waals surface area contributed by atoms with Crippen molar-refractivity contribution in [3.05, 3.63) is 53.1 Å². The van der Waals surface area contributed by atoms with Gasteiger partial charge in [0.15, 0.2) is 0 Å². The molecule has 27 heavy (non-hydrogen) atoms. The Kier molecular flexibility index (Phi) is 4.75. The van der Waals surface area contributed by atoms with E-state index in [-0.39, 0.29) is 10.8 Å². The van der Waals surface area contributed by atoms with Crippen molar-refractivity contribution in [3.8, 4) is 22.9 Å². The van der Waals surface area contributed by atoms with Crippen LogP contribution in [-0.2, 0) is 10.0 Å². The highest BCUT2D eigenvalue weighted by molar-refractivity contribution is 7.89. The van der Waals surface area contributed by atoms with Crippen LogP contribution in [0.2, 0.25) is 5.02 Å². The summed E-state index contributed by atoms with van der Waals surface area (Å²) < 4.78 is 32.9. The molecule has 1 aliphatic rings. The SMILES string of the molecule is Cc1cccc(-c2nnc(-c3cc(S(=O)(=O)N4CCCC4)ccc3Cl)o2)c1. The molecule has 8 heteroatoms. The molecule has 1 saturated heterocycles. The molecule has 1 aliphatic heterocycles. The van der Waals surface area contributed by atoms with Crippen molar-refractivity contribution in [2.75, 3.05) is 13.1 Å². The van der Waals surface area contributed by atoms with E-state index >= 15 is 0 Å². The van der Waals surface area contributed by atoms with E-state index in [1.54, 1.807) is 6.07 Å². The zero-order valence-corrected chi connectivity index (χ0v) is 16.3. The lowest BCUT2D eigenvalue weighted by molar-refractivity contribution is 0.477. The average molecular weight is 404 g/mol. The van der Waals surface area contributed by atoms with Crippen molar-refractivity contribution >= 4 is 21.6 Å². The fraction of sp³-hybridized carbons (Fsp3) is 0.263. The number of aromatic nitrogens is 2. The molecule has 0 saturated carbocycles. The van der Waals surface area contributed by atoms with E-state index in [2.05, 4.69) is 10.2 Å². The maximum Gasteiger partial charge on any atom is 0.249 e. The summed E-state index contributed by atoms with van der Waals surface area (Å²) in [7, 11) is -3.55. The molecule has 0 unspecified atom stereocenters. The summed E-state index contributed by atoms with van der Waals surface area (Å²) in [5, 5.41) is 8.50. The predicted molar refractivity (Wildman–Crippen MR) is 103 cm³/mol. The first-order valence-corrected chi connectivity index (χ1v) is 10.5. The lowest BCUT2D eigenvalue weighted by atomic mass is 10.1. The Morgan fingerprint density at radius 2 is 1.78 bits per heavy atom. The Bertz CT molecular complexity index is 1090. The summed E-state index contributed by atoms with van der Waals surface area (Å²) in [6.45, 7) is 3.06. The van der Waals surface area contributed by atoms with Gasteiger partial charge in [0.2, 0.25) is 21.8 Å². The predicted octanol–water partition coefficient (Wildman–Crippen LogP) is 4.15. The third-order valence-electron chi connectivity index (χ3n) is 4.56. The molecular formula is C19H18ClN3O3S. The van der Waals surface area contributed by atoms with Crippen LogP contribution in [0.4, 0.5) is 0 Å². The van der Waals surface area contributed by atoms with E-state index in [1.165, 1.54) is 16.4 Å². The highest BCUT2D eigenvalue weighted by Crippen LogP contribution is 2.33. The zero-order valence-electron chi connectivity index (χ0n) is 14.7. The van der Waals surface area contributed by atoms with E-state index in [0.717, 1.165) is 24.0 Å². The van der Waals surface area contributed by atoms with Crippen molar-refractivity contribution in [1.82, 2.24) is 14.5 Å². The van der Waals surface area contributed by atoms with Crippen molar-refractivity contribution in [1.29, 1.82) is 0 Å². The minimum absolute atomic E-state index is 0.180. The number of sulfonamides is 1. The first kappa shape index (κ1) is 18.2. The van der Waals surface area contributed by atoms with Crippen LogP contribution >= 0.6 is 11.6 Å². The second-order valence-electron chi connectivity index (χ2n) is 6.53. The third kappa shape index (κ3) is 3.50. The van der Waals surface area contributed by atoms with Gasteiger partial charge in [0.05, 0.1) is 15.5 Å². The minimum atomic E-state index is -3.55. The van der Waals surface area contributed by atoms with Crippen molar-refractivity contribution in [2.45, 2.75) is 24.7 Å². The van der Waals surface area contributed by atoms with E-state index in [9.17, 15) is 8.42 Å². The summed E-state index contributed by atoms with van der Waals surface area (Å²) in [4.78, 5) is 0.180. The van der Waals surface area contributed by atoms with Gasteiger partial charge in [-0.25, -0.2) is 8.42 Å². The summed E-state index contributed by atoms with van der Waals surface area (Å²) in [6.07, 6.45) is 1.76. The van der Waals surface area contributed by atoms with Gasteiger partial charge in [0, 0.05) is 18.7 Å². The quantitative estimate of drug-likeness (QED) is 0.654. The van der Waals surface area contributed by atoms with Crippen LogP contribution in [0.1, 0.15) is 18.4 Å². The fourth-order valence-electron chi connectivity index (χ4n) is 3.13. The number of benzene rings is 2. The van der Waals surface area contributed by atoms with E-state index in [4.69, 9.17) is 16.0 Å². The lowest BCUT2D eigenvalue weighted by Crippen LogP contribution is -2.27. The van der Waals surface area contributed by atoms with Crippen LogP contribution in [0.3, 0.4) is 0 Å². The number of halogens is 1. The van der Waals surface area contributed by atoms with Gasteiger partial charge in [-0.15, -0.1) is 10.2 Å². The van der Waals surface area contributed by atoms with Gasteiger partial charge in [-0.05, 0) is 50.1 Å². The molecular weight excluding hydrogens is 386 g/mol. The summed E-state index contributed by atoms with van der Waals surface area (Å²) in [5.74, 6) is 0.549. The number of nitrogens with zero attached hydrogens (tertiary/aromatic N) is 3. The second-order valence-corrected chi connectivity index (χ2v) is 8.88. The summed E-state index contributed by atoms with van der Waals surface area (Å²) in [6, 6.07) is 12.3. The molecule has 4 rings (SSSR count). The number of aryl methyl sites for hydroxylation is 1. The topological polar surface area (TPSA) is 76.3 Å². The van der Waals surface area contributed by atoms with Crippen LogP contribution in [0.5, 0.6) is 0 Å². The Morgan fingerprint density at radius 3 is 2.52 bits per heavy atom. The highest BCUT2D eigenvalue weighted by Gasteiger charge is 2.28. The molecule has 2 aromatic carbocycles. The van der Waals surface area contributed by atoms with Crippen LogP contribution < -0.4 is 0 Å². The molecule has 0 spiro atoms. The first-order chi connectivity index (χ1) is 12.9. The van der Waals surface area contributed by atoms with Crippen molar-refractivity contribution in [3.63, 3.8) is 0 Å². The Hall–Kier alpha value is -2.22. The largest absolute Gasteiger partial charge is 0.416 e. The Morgan fingerprint density at radius 1 is 1.04 bits per heavy atom. The van der Waals surface area contributed by atoms with Gasteiger partial charge in [-0.1, -0.05) is 29.3 Å². The minimum Gasteiger partial charge on any atom is -0.416 e. The van der Waals surface area contributed by atoms with E-state index < -0.39 is 10.0 Å². The van der Waals surface area contributed by atoms with Gasteiger partial charge in [-0.2, -0.15) is 4.31 Å². The average Bonchev–Trinajstić information content (AvgIpc) is 3.34. The fourth-order valence-corrected chi connectivity index (χ4v) is 4.88. The monoisotopic (exact) mass is 403 g/mol. The number of hydrogen-bond acceptors (Lipinski definition) is 5. The van der Waals surface area contributed by atoms with Gasteiger partial charge in [0.1, 0.15) is 0 Å². The molecule has 0 amide bonds. The van der Waals surface area contributed by atoms with E-state index in [1.807, 2.05) is 31.2 Å². The molecule has 1 aromatic heterocycles. The molecule has 0 bridgehead atoms. The van der Waals surface area contributed by atoms with Gasteiger partial charge in [-0.3, -0.25) is 0 Å². The van der Waals surface area contributed by atoms with Crippen LogP contribution in [0.25, 0.3) is 22.9 Å². The molecule has 0 aliphatic carbocycles. The zero-order chi connectivity index (χ0) is 19.0. The number of rotatable bonds is 4. The third-order valence-corrected chi connectivity index (χ3v) is 6.79. The highest BCUT2D eigenvalue weighted by atomic mass is 35.5. The summed E-state index contributed by atoms with van der Waals surface area (Å²) in [5.41, 5.74) is 2.28. The Balaban J connectivity index is 1.72. The number of hydrogen-bond donors (Lipinski definition) is 0. The molecule has 0 atom stereocenters. The first-order valence-electron chi connectivity index (χ1n) is 8.66. The molecule has 1 fully saturated rings. The molecule has 6 nitrogen and oxygen atoms in total. The summed E-state index contributed by atoms with van der Waals surface area (Å²) >= 11 is 6.28. The normalized spacial score (nSPS) is 15.3. The molecule has 0 N–H and O–H groups in total. The van der Waals surface area contributed by atoms with Gasteiger partial charge in [0.25, 0.3) is 0 Å². The van der Waals surface area contributed by atoms with Crippen LogP contribution in [0, 0.1) is 6.92 Å². The van der Waals surface area contributed by atoms with Crippen molar-refractivity contribution in [2.24, 2.45) is 0 Å². The van der Waals surface area contributed by atoms with Crippen molar-refractivity contribution < 1.29 is 12.8 Å². The Labute approximate surface area is 162 Å². The van der Waals surface area contributed by atoms with E-state index in [0.29, 0.717) is 29.6 Å². The second kappa shape index (κ2) is 7.07.